The Morgan fingerprint density at radius 1 is 1.03 bits per heavy atom. The summed E-state index contributed by atoms with van der Waals surface area (Å²) in [4.78, 5) is 23.9. The third kappa shape index (κ3) is 8.03. The van der Waals surface area contributed by atoms with Gasteiger partial charge in [-0.2, -0.15) is 5.10 Å². The average Bonchev–Trinajstić information content (AvgIpc) is 2.78. The first kappa shape index (κ1) is 25.4. The van der Waals surface area contributed by atoms with E-state index in [9.17, 15) is 9.59 Å². The fourth-order valence-electron chi connectivity index (χ4n) is 2.55. The summed E-state index contributed by atoms with van der Waals surface area (Å²) in [5, 5.41) is 4.03. The first-order valence-corrected chi connectivity index (χ1v) is 11.4. The van der Waals surface area contributed by atoms with Crippen LogP contribution < -0.4 is 19.6 Å². The van der Waals surface area contributed by atoms with Crippen molar-refractivity contribution in [3.63, 3.8) is 0 Å². The van der Waals surface area contributed by atoms with Crippen molar-refractivity contribution in [2.45, 2.75) is 27.2 Å². The van der Waals surface area contributed by atoms with E-state index in [4.69, 9.17) is 18.9 Å². The number of ether oxygens (including phenoxy) is 4. The zero-order chi connectivity index (χ0) is 23.3. The first-order chi connectivity index (χ1) is 15.5. The second-order valence-electron chi connectivity index (χ2n) is 6.43. The molecule has 9 heteroatoms. The molecule has 8 nitrogen and oxygen atoms in total. The van der Waals surface area contributed by atoms with Crippen LogP contribution in [0.15, 0.2) is 41.5 Å². The Labute approximate surface area is 201 Å². The zero-order valence-electron chi connectivity index (χ0n) is 18.4. The van der Waals surface area contributed by atoms with Gasteiger partial charge in [-0.15, -0.1) is 0 Å². The van der Waals surface area contributed by atoms with E-state index in [0.717, 1.165) is 15.7 Å². The average molecular weight is 554 g/mol. The number of nitrogens with one attached hydrogen (secondary N) is 1. The summed E-state index contributed by atoms with van der Waals surface area (Å²) >= 11 is 2.09. The van der Waals surface area contributed by atoms with Gasteiger partial charge in [0.1, 0.15) is 5.75 Å². The smallest absolute Gasteiger partial charge is 0.344 e. The van der Waals surface area contributed by atoms with Crippen LogP contribution in [0.5, 0.6) is 17.2 Å². The normalized spacial score (nSPS) is 10.6. The molecule has 0 aliphatic rings. The maximum Gasteiger partial charge on any atom is 0.344 e. The van der Waals surface area contributed by atoms with Crippen molar-refractivity contribution in [2.24, 2.45) is 5.10 Å². The standard InChI is InChI=1S/C23H27IN2O6/c1-4-11-31-18-9-7-17(8-10-18)23(28)26-25-14-16-12-19(24)22(20(13-16)29-5-2)32-15-21(27)30-6-3/h7-10,12-14H,4-6,11,15H2,1-3H3,(H,26,28)/b25-14+. The minimum Gasteiger partial charge on any atom is -0.494 e. The maximum atomic E-state index is 12.3. The number of amides is 1. The number of nitrogens with zero attached hydrogens (tertiary/aromatic N) is 1. The molecule has 2 rings (SSSR count). The number of hydrazone groups is 1. The van der Waals surface area contributed by atoms with Crippen molar-refractivity contribution >= 4 is 40.7 Å². The van der Waals surface area contributed by atoms with Gasteiger partial charge in [-0.3, -0.25) is 4.79 Å². The molecule has 0 saturated heterocycles. The van der Waals surface area contributed by atoms with Crippen LogP contribution in [0.1, 0.15) is 43.1 Å². The predicted octanol–water partition coefficient (Wildman–Crippen LogP) is 4.18. The van der Waals surface area contributed by atoms with E-state index in [0.29, 0.717) is 35.8 Å². The number of benzene rings is 2. The lowest BCUT2D eigenvalue weighted by atomic mass is 10.2. The molecule has 172 valence electrons. The molecular formula is C23H27IN2O6. The Hall–Kier alpha value is -2.82. The maximum absolute atomic E-state index is 12.3. The van der Waals surface area contributed by atoms with E-state index >= 15 is 0 Å². The third-order valence-electron chi connectivity index (χ3n) is 3.94. The van der Waals surface area contributed by atoms with E-state index in [2.05, 4.69) is 33.1 Å². The van der Waals surface area contributed by atoms with E-state index in [1.165, 1.54) is 6.21 Å². The summed E-state index contributed by atoms with van der Waals surface area (Å²) in [6.45, 7) is 6.73. The summed E-state index contributed by atoms with van der Waals surface area (Å²) < 4.78 is 22.4. The number of esters is 1. The Morgan fingerprint density at radius 3 is 2.44 bits per heavy atom. The van der Waals surface area contributed by atoms with Gasteiger partial charge in [-0.1, -0.05) is 6.92 Å². The fraction of sp³-hybridized carbons (Fsp3) is 0.348. The SMILES string of the molecule is CCCOc1ccc(C(=O)N/N=C/c2cc(I)c(OCC(=O)OCC)c(OCC)c2)cc1. The molecule has 0 heterocycles. The summed E-state index contributed by atoms with van der Waals surface area (Å²) in [5.74, 6) is 0.850. The Kier molecular flexibility index (Phi) is 10.8. The topological polar surface area (TPSA) is 95.5 Å². The molecule has 0 atom stereocenters. The van der Waals surface area contributed by atoms with Gasteiger partial charge >= 0.3 is 5.97 Å². The zero-order valence-corrected chi connectivity index (χ0v) is 20.5. The number of halogens is 1. The molecule has 0 bridgehead atoms. The number of carbonyl (C=O) groups is 2. The molecule has 0 aliphatic heterocycles. The number of rotatable bonds is 12. The van der Waals surface area contributed by atoms with Crippen LogP contribution in [-0.4, -0.2) is 44.5 Å². The van der Waals surface area contributed by atoms with E-state index in [-0.39, 0.29) is 19.1 Å². The Bertz CT molecular complexity index is 931. The van der Waals surface area contributed by atoms with E-state index < -0.39 is 5.97 Å². The highest BCUT2D eigenvalue weighted by atomic mass is 127. The van der Waals surface area contributed by atoms with Crippen LogP contribution in [0.2, 0.25) is 0 Å². The number of carbonyl (C=O) groups excluding carboxylic acids is 2. The second kappa shape index (κ2) is 13.6. The van der Waals surface area contributed by atoms with Gasteiger partial charge in [0, 0.05) is 5.56 Å². The molecule has 32 heavy (non-hydrogen) atoms. The van der Waals surface area contributed by atoms with Crippen molar-refractivity contribution < 1.29 is 28.5 Å². The lowest BCUT2D eigenvalue weighted by Gasteiger charge is -2.14. The molecule has 0 radical (unpaired) electrons. The fourth-order valence-corrected chi connectivity index (χ4v) is 3.33. The minimum absolute atomic E-state index is 0.213. The van der Waals surface area contributed by atoms with Gasteiger partial charge in [-0.25, -0.2) is 10.2 Å². The van der Waals surface area contributed by atoms with Crippen molar-refractivity contribution in [3.8, 4) is 17.2 Å². The molecule has 0 aliphatic carbocycles. The molecule has 0 aromatic heterocycles. The Balaban J connectivity index is 2.04. The monoisotopic (exact) mass is 554 g/mol. The van der Waals surface area contributed by atoms with Crippen molar-refractivity contribution in [1.82, 2.24) is 5.43 Å². The minimum atomic E-state index is -0.455. The molecule has 0 saturated carbocycles. The van der Waals surface area contributed by atoms with Crippen molar-refractivity contribution in [2.75, 3.05) is 26.4 Å². The van der Waals surface area contributed by atoms with Crippen LogP contribution in [-0.2, 0) is 9.53 Å². The van der Waals surface area contributed by atoms with Crippen molar-refractivity contribution in [1.29, 1.82) is 0 Å². The van der Waals surface area contributed by atoms with Crippen LogP contribution in [0.25, 0.3) is 0 Å². The second-order valence-corrected chi connectivity index (χ2v) is 7.59. The number of hydrogen-bond acceptors (Lipinski definition) is 7. The quantitative estimate of drug-likeness (QED) is 0.183. The highest BCUT2D eigenvalue weighted by Gasteiger charge is 2.14. The molecule has 0 fully saturated rings. The molecule has 1 N–H and O–H groups in total. The Morgan fingerprint density at radius 2 is 1.78 bits per heavy atom. The van der Waals surface area contributed by atoms with Crippen LogP contribution in [0, 0.1) is 3.57 Å². The van der Waals surface area contributed by atoms with Gasteiger partial charge in [0.05, 0.1) is 29.6 Å². The molecule has 0 spiro atoms. The summed E-state index contributed by atoms with van der Waals surface area (Å²) in [7, 11) is 0. The summed E-state index contributed by atoms with van der Waals surface area (Å²) in [5.41, 5.74) is 3.67. The van der Waals surface area contributed by atoms with Crippen LogP contribution >= 0.6 is 22.6 Å². The lowest BCUT2D eigenvalue weighted by Crippen LogP contribution is -2.17. The van der Waals surface area contributed by atoms with E-state index in [1.54, 1.807) is 43.3 Å². The summed E-state index contributed by atoms with van der Waals surface area (Å²) in [6, 6.07) is 10.4. The van der Waals surface area contributed by atoms with Crippen molar-refractivity contribution in [3.05, 3.63) is 51.1 Å². The predicted molar refractivity (Wildman–Crippen MR) is 130 cm³/mol. The van der Waals surface area contributed by atoms with Gasteiger partial charge in [-0.05, 0) is 84.8 Å². The lowest BCUT2D eigenvalue weighted by molar-refractivity contribution is -0.145. The molecule has 2 aromatic rings. The highest BCUT2D eigenvalue weighted by molar-refractivity contribution is 14.1. The molecule has 1 amide bonds. The molecular weight excluding hydrogens is 527 g/mol. The first-order valence-electron chi connectivity index (χ1n) is 10.3. The van der Waals surface area contributed by atoms with Crippen LogP contribution in [0.3, 0.4) is 0 Å². The highest BCUT2D eigenvalue weighted by Crippen LogP contribution is 2.34. The van der Waals surface area contributed by atoms with Gasteiger partial charge in [0.25, 0.3) is 5.91 Å². The molecule has 0 unspecified atom stereocenters. The van der Waals surface area contributed by atoms with Gasteiger partial charge in [0.15, 0.2) is 18.1 Å². The van der Waals surface area contributed by atoms with Gasteiger partial charge < -0.3 is 18.9 Å². The van der Waals surface area contributed by atoms with Gasteiger partial charge in [0.2, 0.25) is 0 Å². The van der Waals surface area contributed by atoms with Crippen LogP contribution in [0.4, 0.5) is 0 Å². The largest absolute Gasteiger partial charge is 0.494 e. The van der Waals surface area contributed by atoms with E-state index in [1.807, 2.05) is 13.8 Å². The number of hydrogen-bond donors (Lipinski definition) is 1. The third-order valence-corrected chi connectivity index (χ3v) is 4.74. The molecule has 2 aromatic carbocycles. The summed E-state index contributed by atoms with van der Waals surface area (Å²) in [6.07, 6.45) is 2.43.